The van der Waals surface area contributed by atoms with E-state index in [1.165, 1.54) is 44.1 Å². The highest BCUT2D eigenvalue weighted by Crippen LogP contribution is 2.68. The number of rotatable bonds is 5. The fourth-order valence-electron chi connectivity index (χ4n) is 9.25. The first-order valence-corrected chi connectivity index (χ1v) is 13.3. The van der Waals surface area contributed by atoms with Crippen molar-refractivity contribution in [2.45, 2.75) is 118 Å². The topological polar surface area (TPSA) is 37.3 Å². The molecule has 0 spiro atoms. The maximum absolute atomic E-state index is 12.7. The fourth-order valence-corrected chi connectivity index (χ4v) is 9.25. The maximum atomic E-state index is 12.7. The Balaban J connectivity index is 1.52. The fraction of sp³-hybridized carbons (Fsp3) is 0.897. The van der Waals surface area contributed by atoms with Gasteiger partial charge >= 0.3 is 0 Å². The van der Waals surface area contributed by atoms with Gasteiger partial charge in [0, 0.05) is 11.8 Å². The minimum Gasteiger partial charge on any atom is -0.390 e. The zero-order valence-electron chi connectivity index (χ0n) is 21.4. The molecule has 0 bridgehead atoms. The summed E-state index contributed by atoms with van der Waals surface area (Å²) in [4.78, 5) is 12.7. The van der Waals surface area contributed by atoms with E-state index >= 15 is 0 Å². The molecule has 1 N–H and O–H groups in total. The van der Waals surface area contributed by atoms with Crippen LogP contribution in [0.2, 0.25) is 0 Å². The van der Waals surface area contributed by atoms with Crippen molar-refractivity contribution >= 4 is 5.78 Å². The Labute approximate surface area is 191 Å². The highest BCUT2D eigenvalue weighted by molar-refractivity contribution is 5.89. The zero-order chi connectivity index (χ0) is 22.8. The van der Waals surface area contributed by atoms with Crippen LogP contribution < -0.4 is 0 Å². The van der Waals surface area contributed by atoms with Gasteiger partial charge in [0.05, 0.1) is 5.60 Å². The van der Waals surface area contributed by atoms with Crippen molar-refractivity contribution in [1.29, 1.82) is 0 Å². The van der Waals surface area contributed by atoms with E-state index in [-0.39, 0.29) is 10.8 Å². The van der Waals surface area contributed by atoms with Gasteiger partial charge in [-0.15, -0.1) is 0 Å². The normalized spacial score (nSPS) is 43.0. The van der Waals surface area contributed by atoms with Gasteiger partial charge in [0.1, 0.15) is 5.78 Å². The number of Topliss-reactive ketones (excluding diaryl/α,β-unsaturated/α-hetero) is 1. The van der Waals surface area contributed by atoms with E-state index in [0.717, 1.165) is 55.3 Å². The van der Waals surface area contributed by atoms with Crippen molar-refractivity contribution in [1.82, 2.24) is 0 Å². The van der Waals surface area contributed by atoms with Crippen LogP contribution in [0.1, 0.15) is 113 Å². The van der Waals surface area contributed by atoms with Crippen molar-refractivity contribution < 1.29 is 9.90 Å². The molecule has 4 rings (SSSR count). The van der Waals surface area contributed by atoms with E-state index in [1.807, 2.05) is 13.8 Å². The van der Waals surface area contributed by atoms with Crippen molar-refractivity contribution in [2.24, 2.45) is 45.8 Å². The molecule has 2 heteroatoms. The molecule has 0 aromatic heterocycles. The number of ketones is 1. The average molecular weight is 429 g/mol. The molecule has 0 radical (unpaired) electrons. The lowest BCUT2D eigenvalue weighted by atomic mass is 9.44. The number of fused-ring (bicyclic) bond motifs is 5. The molecular formula is C29H48O2. The Kier molecular flexibility index (Phi) is 5.85. The van der Waals surface area contributed by atoms with Crippen molar-refractivity contribution in [3.05, 3.63) is 11.6 Å². The van der Waals surface area contributed by atoms with Crippen LogP contribution >= 0.6 is 0 Å². The highest BCUT2D eigenvalue weighted by Gasteiger charge is 2.61. The van der Waals surface area contributed by atoms with Gasteiger partial charge in [-0.25, -0.2) is 0 Å². The second kappa shape index (κ2) is 7.71. The summed E-state index contributed by atoms with van der Waals surface area (Å²) in [6.07, 6.45) is 14.4. The molecule has 31 heavy (non-hydrogen) atoms. The minimum atomic E-state index is -0.531. The van der Waals surface area contributed by atoms with E-state index < -0.39 is 5.60 Å². The molecule has 0 aromatic rings. The molecule has 2 nitrogen and oxygen atoms in total. The Hall–Kier alpha value is -0.630. The molecule has 3 saturated carbocycles. The maximum Gasteiger partial charge on any atom is 0.142 e. The molecule has 0 amide bonds. The van der Waals surface area contributed by atoms with E-state index in [2.05, 4.69) is 40.7 Å². The summed E-state index contributed by atoms with van der Waals surface area (Å²) in [5.41, 5.74) is 1.41. The molecule has 0 unspecified atom stereocenters. The third kappa shape index (κ3) is 3.77. The second-order valence-electron chi connectivity index (χ2n) is 13.6. The standard InChI is InChI=1S/C29H48O2/c1-19(9-8-16-26(2,3)31)21-11-12-22-20-10-13-24-27(4,5)25(30)15-18-29(24,7)23(20)14-17-28(21,22)6/h13,19-23,31H,8-12,14-18H2,1-7H3/t19-,20+,21-,22+,23+,28-,29-/m1/s1. The van der Waals surface area contributed by atoms with Crippen LogP contribution in [-0.4, -0.2) is 16.5 Å². The minimum absolute atomic E-state index is 0.234. The Bertz CT molecular complexity index is 740. The molecule has 4 aliphatic rings. The summed E-state index contributed by atoms with van der Waals surface area (Å²) in [5, 5.41) is 10.1. The predicted octanol–water partition coefficient (Wildman–Crippen LogP) is 7.35. The Morgan fingerprint density at radius 2 is 1.81 bits per heavy atom. The van der Waals surface area contributed by atoms with Gasteiger partial charge in [-0.2, -0.15) is 0 Å². The smallest absolute Gasteiger partial charge is 0.142 e. The summed E-state index contributed by atoms with van der Waals surface area (Å²) in [6, 6.07) is 0. The van der Waals surface area contributed by atoms with Gasteiger partial charge in [0.15, 0.2) is 0 Å². The van der Waals surface area contributed by atoms with Crippen molar-refractivity contribution in [3.8, 4) is 0 Å². The van der Waals surface area contributed by atoms with Gasteiger partial charge in [-0.1, -0.05) is 45.3 Å². The lowest BCUT2D eigenvalue weighted by Gasteiger charge is -2.60. The van der Waals surface area contributed by atoms with Crippen LogP contribution in [-0.2, 0) is 4.79 Å². The molecular weight excluding hydrogens is 380 g/mol. The lowest BCUT2D eigenvalue weighted by Crippen LogP contribution is -2.53. The first kappa shape index (κ1) is 23.5. The van der Waals surface area contributed by atoms with Crippen molar-refractivity contribution in [2.75, 3.05) is 0 Å². The van der Waals surface area contributed by atoms with Crippen LogP contribution in [0.5, 0.6) is 0 Å². The summed E-state index contributed by atoms with van der Waals surface area (Å²) in [5.74, 6) is 4.47. The molecule has 0 aliphatic heterocycles. The SMILES string of the molecule is C[C@H](CCCC(C)(C)O)[C@H]1CC[C@H]2[C@@H]3CC=C4C(C)(C)C(=O)CC[C@]4(C)[C@H]3CC[C@]12C. The van der Waals surface area contributed by atoms with Crippen LogP contribution in [0.4, 0.5) is 0 Å². The summed E-state index contributed by atoms with van der Waals surface area (Å²) >= 11 is 0. The second-order valence-corrected chi connectivity index (χ2v) is 13.6. The Morgan fingerprint density at radius 3 is 2.48 bits per heavy atom. The molecule has 0 heterocycles. The van der Waals surface area contributed by atoms with Crippen molar-refractivity contribution in [3.63, 3.8) is 0 Å². The van der Waals surface area contributed by atoms with Gasteiger partial charge in [0.2, 0.25) is 0 Å². The number of allylic oxidation sites excluding steroid dienone is 2. The number of carbonyl (C=O) groups is 1. The van der Waals surface area contributed by atoms with E-state index in [0.29, 0.717) is 11.2 Å². The first-order chi connectivity index (χ1) is 14.3. The third-order valence-electron chi connectivity index (χ3n) is 10.9. The van der Waals surface area contributed by atoms with Crippen LogP contribution in [0.3, 0.4) is 0 Å². The molecule has 7 atom stereocenters. The number of carbonyl (C=O) groups excluding carboxylic acids is 1. The third-order valence-corrected chi connectivity index (χ3v) is 10.9. The van der Waals surface area contributed by atoms with E-state index in [9.17, 15) is 9.90 Å². The van der Waals surface area contributed by atoms with Gasteiger partial charge in [-0.3, -0.25) is 4.79 Å². The summed E-state index contributed by atoms with van der Waals surface area (Å²) < 4.78 is 0. The number of hydrogen-bond acceptors (Lipinski definition) is 2. The molecule has 176 valence electrons. The van der Waals surface area contributed by atoms with Crippen LogP contribution in [0, 0.1) is 45.8 Å². The van der Waals surface area contributed by atoms with Gasteiger partial charge in [0.25, 0.3) is 0 Å². The monoisotopic (exact) mass is 428 g/mol. The largest absolute Gasteiger partial charge is 0.390 e. The van der Waals surface area contributed by atoms with Crippen LogP contribution in [0.25, 0.3) is 0 Å². The van der Waals surface area contributed by atoms with Gasteiger partial charge < -0.3 is 5.11 Å². The van der Waals surface area contributed by atoms with Gasteiger partial charge in [-0.05, 0) is 113 Å². The summed E-state index contributed by atoms with van der Waals surface area (Å²) in [6.45, 7) is 15.9. The summed E-state index contributed by atoms with van der Waals surface area (Å²) in [7, 11) is 0. The molecule has 4 aliphatic carbocycles. The molecule has 3 fully saturated rings. The molecule has 0 saturated heterocycles. The number of hydrogen-bond donors (Lipinski definition) is 1. The van der Waals surface area contributed by atoms with Crippen LogP contribution in [0.15, 0.2) is 11.6 Å². The highest BCUT2D eigenvalue weighted by atomic mass is 16.3. The molecule has 0 aromatic carbocycles. The quantitative estimate of drug-likeness (QED) is 0.465. The lowest BCUT2D eigenvalue weighted by molar-refractivity contribution is -0.132. The predicted molar refractivity (Wildman–Crippen MR) is 129 cm³/mol. The zero-order valence-corrected chi connectivity index (χ0v) is 21.4. The number of aliphatic hydroxyl groups is 1. The average Bonchev–Trinajstić information content (AvgIpc) is 3.01. The van der Waals surface area contributed by atoms with E-state index in [1.54, 1.807) is 0 Å². The first-order valence-electron chi connectivity index (χ1n) is 13.3. The van der Waals surface area contributed by atoms with E-state index in [4.69, 9.17) is 0 Å². The Morgan fingerprint density at radius 1 is 1.10 bits per heavy atom.